The van der Waals surface area contributed by atoms with Crippen LogP contribution in [0.15, 0.2) is 29.3 Å². The van der Waals surface area contributed by atoms with E-state index in [-0.39, 0.29) is 12.5 Å². The summed E-state index contributed by atoms with van der Waals surface area (Å²) in [6, 6.07) is 7.20. The van der Waals surface area contributed by atoms with E-state index in [0.29, 0.717) is 24.4 Å². The number of likely N-dealkylation sites (N-methyl/N-ethyl adjacent to an activating group) is 2. The fourth-order valence-corrected chi connectivity index (χ4v) is 4.50. The SMILES string of the molecule is CCNC(=O)CN(CC)C(=O)COC(=O)c1ccccc1CSC1=NCCS1. The van der Waals surface area contributed by atoms with E-state index in [2.05, 4.69) is 10.3 Å². The van der Waals surface area contributed by atoms with E-state index in [4.69, 9.17) is 4.74 Å². The second kappa shape index (κ2) is 11.8. The number of esters is 1. The van der Waals surface area contributed by atoms with E-state index in [0.717, 1.165) is 22.2 Å². The minimum Gasteiger partial charge on any atom is -0.452 e. The zero-order chi connectivity index (χ0) is 20.4. The molecular formula is C19H25N3O4S2. The monoisotopic (exact) mass is 423 g/mol. The summed E-state index contributed by atoms with van der Waals surface area (Å²) in [4.78, 5) is 42.2. The van der Waals surface area contributed by atoms with E-state index in [9.17, 15) is 14.4 Å². The van der Waals surface area contributed by atoms with Crippen molar-refractivity contribution in [2.45, 2.75) is 19.6 Å². The van der Waals surface area contributed by atoms with Crippen molar-refractivity contribution in [1.29, 1.82) is 0 Å². The third-order valence-electron chi connectivity index (χ3n) is 3.92. The second-order valence-corrected chi connectivity index (χ2v) is 8.19. The van der Waals surface area contributed by atoms with Gasteiger partial charge in [-0.3, -0.25) is 14.6 Å². The van der Waals surface area contributed by atoms with Gasteiger partial charge in [-0.2, -0.15) is 0 Å². The number of nitrogens with one attached hydrogen (secondary N) is 1. The number of carbonyl (C=O) groups is 3. The lowest BCUT2D eigenvalue weighted by Gasteiger charge is -2.20. The zero-order valence-corrected chi connectivity index (χ0v) is 17.7. The van der Waals surface area contributed by atoms with Crippen molar-refractivity contribution in [3.8, 4) is 0 Å². The summed E-state index contributed by atoms with van der Waals surface area (Å²) in [5.74, 6) is 0.436. The molecular weight excluding hydrogens is 398 g/mol. The predicted molar refractivity (Wildman–Crippen MR) is 114 cm³/mol. The maximum Gasteiger partial charge on any atom is 0.338 e. The highest BCUT2D eigenvalue weighted by Crippen LogP contribution is 2.26. The van der Waals surface area contributed by atoms with Gasteiger partial charge in [-0.1, -0.05) is 41.7 Å². The smallest absolute Gasteiger partial charge is 0.338 e. The highest BCUT2D eigenvalue weighted by atomic mass is 32.2. The molecule has 1 aliphatic rings. The van der Waals surface area contributed by atoms with Gasteiger partial charge < -0.3 is 15.0 Å². The van der Waals surface area contributed by atoms with Crippen LogP contribution in [0.5, 0.6) is 0 Å². The molecule has 1 aromatic rings. The van der Waals surface area contributed by atoms with Crippen LogP contribution in [0, 0.1) is 0 Å². The highest BCUT2D eigenvalue weighted by Gasteiger charge is 2.19. The fourth-order valence-electron chi connectivity index (χ4n) is 2.49. The van der Waals surface area contributed by atoms with Crippen molar-refractivity contribution in [2.24, 2.45) is 4.99 Å². The first-order valence-electron chi connectivity index (χ1n) is 9.14. The van der Waals surface area contributed by atoms with E-state index in [1.807, 2.05) is 19.1 Å². The Morgan fingerprint density at radius 3 is 2.75 bits per heavy atom. The second-order valence-electron chi connectivity index (χ2n) is 5.88. The van der Waals surface area contributed by atoms with E-state index >= 15 is 0 Å². The normalized spacial score (nSPS) is 13.0. The van der Waals surface area contributed by atoms with Gasteiger partial charge in [-0.25, -0.2) is 4.79 Å². The number of rotatable bonds is 9. The van der Waals surface area contributed by atoms with Crippen molar-refractivity contribution < 1.29 is 19.1 Å². The van der Waals surface area contributed by atoms with Gasteiger partial charge in [0, 0.05) is 24.6 Å². The molecule has 1 heterocycles. The number of hydrogen-bond donors (Lipinski definition) is 1. The Kier molecular flexibility index (Phi) is 9.36. The number of thioether (sulfide) groups is 2. The van der Waals surface area contributed by atoms with Gasteiger partial charge >= 0.3 is 5.97 Å². The number of carbonyl (C=O) groups excluding carboxylic acids is 3. The van der Waals surface area contributed by atoms with Gasteiger partial charge in [0.2, 0.25) is 5.91 Å². The topological polar surface area (TPSA) is 88.1 Å². The third kappa shape index (κ3) is 6.87. The maximum absolute atomic E-state index is 12.5. The third-order valence-corrected chi connectivity index (χ3v) is 6.22. The Hall–Kier alpha value is -2.00. The van der Waals surface area contributed by atoms with Gasteiger partial charge in [-0.15, -0.1) is 0 Å². The molecule has 1 aliphatic heterocycles. The van der Waals surface area contributed by atoms with Crippen LogP contribution in [0.3, 0.4) is 0 Å². The Morgan fingerprint density at radius 1 is 1.29 bits per heavy atom. The molecule has 1 N–H and O–H groups in total. The molecule has 0 spiro atoms. The summed E-state index contributed by atoms with van der Waals surface area (Å²) in [7, 11) is 0. The summed E-state index contributed by atoms with van der Waals surface area (Å²) >= 11 is 3.32. The molecule has 7 nitrogen and oxygen atoms in total. The molecule has 2 amide bonds. The van der Waals surface area contributed by atoms with Crippen LogP contribution in [-0.4, -0.2) is 65.6 Å². The number of amides is 2. The number of ether oxygens (including phenoxy) is 1. The average Bonchev–Trinajstić information content (AvgIpc) is 3.22. The largest absolute Gasteiger partial charge is 0.452 e. The lowest BCUT2D eigenvalue weighted by Crippen LogP contribution is -2.42. The first-order chi connectivity index (χ1) is 13.5. The molecule has 0 aromatic heterocycles. The molecule has 9 heteroatoms. The minimum absolute atomic E-state index is 0.0479. The summed E-state index contributed by atoms with van der Waals surface area (Å²) in [6.45, 7) is 4.84. The quantitative estimate of drug-likeness (QED) is 0.613. The standard InChI is InChI=1S/C19H25N3O4S2/c1-3-20-16(23)11-22(4-2)17(24)12-26-18(25)15-8-6-5-7-14(15)13-28-19-21-9-10-27-19/h5-8H,3-4,9-13H2,1-2H3,(H,20,23). The van der Waals surface area contributed by atoms with Crippen LogP contribution in [0.25, 0.3) is 0 Å². The summed E-state index contributed by atoms with van der Waals surface area (Å²) in [5.41, 5.74) is 1.29. The number of aliphatic imine (C=N–C) groups is 1. The lowest BCUT2D eigenvalue weighted by molar-refractivity contribution is -0.138. The molecule has 28 heavy (non-hydrogen) atoms. The van der Waals surface area contributed by atoms with Crippen molar-refractivity contribution in [1.82, 2.24) is 10.2 Å². The Labute approximate surface area is 173 Å². The van der Waals surface area contributed by atoms with E-state index in [1.165, 1.54) is 4.90 Å². The van der Waals surface area contributed by atoms with Crippen LogP contribution in [-0.2, 0) is 20.1 Å². The van der Waals surface area contributed by atoms with Gasteiger partial charge in [-0.05, 0) is 25.5 Å². The van der Waals surface area contributed by atoms with Crippen molar-refractivity contribution >= 4 is 45.7 Å². The van der Waals surface area contributed by atoms with Gasteiger partial charge in [0.1, 0.15) is 4.38 Å². The van der Waals surface area contributed by atoms with Gasteiger partial charge in [0.25, 0.3) is 5.91 Å². The van der Waals surface area contributed by atoms with Crippen LogP contribution in [0.4, 0.5) is 0 Å². The van der Waals surface area contributed by atoms with E-state index < -0.39 is 18.5 Å². The fraction of sp³-hybridized carbons (Fsp3) is 0.474. The van der Waals surface area contributed by atoms with Crippen LogP contribution < -0.4 is 5.32 Å². The molecule has 0 radical (unpaired) electrons. The average molecular weight is 424 g/mol. The van der Waals surface area contributed by atoms with Crippen LogP contribution in [0.1, 0.15) is 29.8 Å². The summed E-state index contributed by atoms with van der Waals surface area (Å²) in [5, 5.41) is 2.65. The van der Waals surface area contributed by atoms with E-state index in [1.54, 1.807) is 42.6 Å². The number of hydrogen-bond acceptors (Lipinski definition) is 7. The maximum atomic E-state index is 12.5. The number of benzene rings is 1. The molecule has 0 bridgehead atoms. The lowest BCUT2D eigenvalue weighted by atomic mass is 10.1. The Morgan fingerprint density at radius 2 is 2.07 bits per heavy atom. The van der Waals surface area contributed by atoms with Gasteiger partial charge in [0.05, 0.1) is 18.7 Å². The molecule has 1 aromatic carbocycles. The molecule has 0 saturated carbocycles. The van der Waals surface area contributed by atoms with Crippen molar-refractivity contribution in [2.75, 3.05) is 38.5 Å². The van der Waals surface area contributed by atoms with Crippen LogP contribution >= 0.6 is 23.5 Å². The van der Waals surface area contributed by atoms with Crippen molar-refractivity contribution in [3.63, 3.8) is 0 Å². The van der Waals surface area contributed by atoms with Gasteiger partial charge in [0.15, 0.2) is 6.61 Å². The molecule has 0 aliphatic carbocycles. The highest BCUT2D eigenvalue weighted by molar-refractivity contribution is 8.38. The Balaban J connectivity index is 1.91. The molecule has 152 valence electrons. The predicted octanol–water partition coefficient (Wildman–Crippen LogP) is 2.16. The summed E-state index contributed by atoms with van der Waals surface area (Å²) < 4.78 is 6.25. The molecule has 0 saturated heterocycles. The molecule has 0 atom stereocenters. The molecule has 2 rings (SSSR count). The summed E-state index contributed by atoms with van der Waals surface area (Å²) in [6.07, 6.45) is 0. The minimum atomic E-state index is -0.542. The Bertz CT molecular complexity index is 740. The first kappa shape index (κ1) is 22.3. The zero-order valence-electron chi connectivity index (χ0n) is 16.1. The van der Waals surface area contributed by atoms with Crippen molar-refractivity contribution in [3.05, 3.63) is 35.4 Å². The first-order valence-corrected chi connectivity index (χ1v) is 11.1. The molecule has 0 unspecified atom stereocenters. The van der Waals surface area contributed by atoms with Crippen LogP contribution in [0.2, 0.25) is 0 Å². The molecule has 0 fully saturated rings. The number of nitrogens with zero attached hydrogens (tertiary/aromatic N) is 2.